The zero-order valence-corrected chi connectivity index (χ0v) is 10.8. The number of carbonyl (C=O) groups excluding carboxylic acids is 1. The minimum Gasteiger partial charge on any atom is -0.480 e. The van der Waals surface area contributed by atoms with Crippen molar-refractivity contribution in [1.82, 2.24) is 9.80 Å². The van der Waals surface area contributed by atoms with Gasteiger partial charge in [-0.2, -0.15) is 0 Å². The van der Waals surface area contributed by atoms with E-state index in [0.717, 1.165) is 25.8 Å². The number of nitrogens with zero attached hydrogens (tertiary/aromatic N) is 2. The van der Waals surface area contributed by atoms with E-state index in [2.05, 4.69) is 13.8 Å². The summed E-state index contributed by atoms with van der Waals surface area (Å²) < 4.78 is 0. The molecule has 1 rings (SSSR count). The van der Waals surface area contributed by atoms with Crippen LogP contribution in [-0.4, -0.2) is 53.1 Å². The van der Waals surface area contributed by atoms with Crippen LogP contribution in [0.5, 0.6) is 0 Å². The molecule has 1 N–H and O–H groups in total. The third kappa shape index (κ3) is 4.63. The van der Waals surface area contributed by atoms with Crippen LogP contribution in [-0.2, 0) is 4.79 Å². The van der Waals surface area contributed by atoms with Crippen molar-refractivity contribution in [1.29, 1.82) is 0 Å². The van der Waals surface area contributed by atoms with Crippen LogP contribution in [0.15, 0.2) is 0 Å². The van der Waals surface area contributed by atoms with Crippen molar-refractivity contribution in [3.63, 3.8) is 0 Å². The maximum Gasteiger partial charge on any atom is 0.323 e. The molecule has 1 saturated carbocycles. The predicted octanol–water partition coefficient (Wildman–Crippen LogP) is 1.63. The Morgan fingerprint density at radius 1 is 1.35 bits per heavy atom. The SMILES string of the molecule is CC(C)CCN(C(=O)N(C)CC(=O)O)C1CC1. The summed E-state index contributed by atoms with van der Waals surface area (Å²) in [5.74, 6) is -0.422. The van der Waals surface area contributed by atoms with Crippen LogP contribution in [0, 0.1) is 5.92 Å². The molecule has 0 heterocycles. The molecule has 0 saturated heterocycles. The highest BCUT2D eigenvalue weighted by molar-refractivity contribution is 5.80. The molecule has 1 aliphatic rings. The molecular formula is C12H22N2O3. The Kier molecular flexibility index (Phi) is 4.78. The standard InChI is InChI=1S/C12H22N2O3/c1-9(2)6-7-14(10-4-5-10)12(17)13(3)8-11(15)16/h9-10H,4-8H2,1-3H3,(H,15,16). The Balaban J connectivity index is 2.51. The van der Waals surface area contributed by atoms with E-state index in [0.29, 0.717) is 12.0 Å². The number of likely N-dealkylation sites (N-methyl/N-ethyl adjacent to an activating group) is 1. The largest absolute Gasteiger partial charge is 0.480 e. The number of urea groups is 1. The highest BCUT2D eigenvalue weighted by Gasteiger charge is 2.34. The van der Waals surface area contributed by atoms with Crippen LogP contribution in [0.3, 0.4) is 0 Å². The van der Waals surface area contributed by atoms with Gasteiger partial charge in [0, 0.05) is 19.6 Å². The van der Waals surface area contributed by atoms with Crippen LogP contribution in [0.25, 0.3) is 0 Å². The lowest BCUT2D eigenvalue weighted by atomic mass is 10.1. The summed E-state index contributed by atoms with van der Waals surface area (Å²) in [4.78, 5) is 25.7. The average Bonchev–Trinajstić information content (AvgIpc) is 3.00. The molecule has 2 amide bonds. The molecule has 5 heteroatoms. The maximum atomic E-state index is 12.1. The summed E-state index contributed by atoms with van der Waals surface area (Å²) in [5, 5.41) is 8.67. The minimum atomic E-state index is -0.972. The number of hydrogen-bond donors (Lipinski definition) is 1. The Hall–Kier alpha value is -1.26. The summed E-state index contributed by atoms with van der Waals surface area (Å²) in [6.07, 6.45) is 3.05. The van der Waals surface area contributed by atoms with E-state index in [1.807, 2.05) is 4.90 Å². The van der Waals surface area contributed by atoms with Crippen molar-refractivity contribution in [3.8, 4) is 0 Å². The fourth-order valence-corrected chi connectivity index (χ4v) is 1.71. The summed E-state index contributed by atoms with van der Waals surface area (Å²) in [6, 6.07) is 0.174. The molecule has 1 aliphatic carbocycles. The first-order valence-corrected chi connectivity index (χ1v) is 6.15. The van der Waals surface area contributed by atoms with Crippen LogP contribution < -0.4 is 0 Å². The van der Waals surface area contributed by atoms with Gasteiger partial charge < -0.3 is 14.9 Å². The Bertz CT molecular complexity index is 287. The average molecular weight is 242 g/mol. The Labute approximate surface area is 102 Å². The fraction of sp³-hybridized carbons (Fsp3) is 0.833. The van der Waals surface area contributed by atoms with Crippen molar-refractivity contribution in [2.24, 2.45) is 5.92 Å². The Morgan fingerprint density at radius 2 is 1.94 bits per heavy atom. The second-order valence-electron chi connectivity index (χ2n) is 5.14. The summed E-state index contributed by atoms with van der Waals surface area (Å²) in [7, 11) is 1.54. The molecule has 0 aliphatic heterocycles. The first-order chi connectivity index (χ1) is 7.91. The number of hydrogen-bond acceptors (Lipinski definition) is 2. The predicted molar refractivity (Wildman–Crippen MR) is 64.8 cm³/mol. The van der Waals surface area contributed by atoms with Gasteiger partial charge in [-0.15, -0.1) is 0 Å². The molecule has 0 aromatic carbocycles. The van der Waals surface area contributed by atoms with Crippen LogP contribution in [0.1, 0.15) is 33.1 Å². The molecule has 0 radical (unpaired) electrons. The van der Waals surface area contributed by atoms with E-state index in [1.165, 1.54) is 4.90 Å². The van der Waals surface area contributed by atoms with Gasteiger partial charge in [-0.1, -0.05) is 13.8 Å². The van der Waals surface area contributed by atoms with Gasteiger partial charge in [-0.25, -0.2) is 4.79 Å². The number of aliphatic carboxylic acids is 1. The maximum absolute atomic E-state index is 12.1. The molecule has 0 aromatic rings. The van der Waals surface area contributed by atoms with Crippen molar-refractivity contribution in [2.75, 3.05) is 20.1 Å². The van der Waals surface area contributed by atoms with E-state index >= 15 is 0 Å². The molecule has 0 atom stereocenters. The number of carboxylic acid groups (broad SMARTS) is 1. The van der Waals surface area contributed by atoms with E-state index in [9.17, 15) is 9.59 Å². The number of carboxylic acids is 1. The highest BCUT2D eigenvalue weighted by atomic mass is 16.4. The highest BCUT2D eigenvalue weighted by Crippen LogP contribution is 2.28. The van der Waals surface area contributed by atoms with Crippen molar-refractivity contribution < 1.29 is 14.7 Å². The van der Waals surface area contributed by atoms with Gasteiger partial charge in [0.25, 0.3) is 0 Å². The molecule has 0 aromatic heterocycles. The molecule has 17 heavy (non-hydrogen) atoms. The second kappa shape index (κ2) is 5.89. The smallest absolute Gasteiger partial charge is 0.323 e. The van der Waals surface area contributed by atoms with Crippen molar-refractivity contribution >= 4 is 12.0 Å². The lowest BCUT2D eigenvalue weighted by Gasteiger charge is -2.28. The lowest BCUT2D eigenvalue weighted by Crippen LogP contribution is -2.45. The number of rotatable bonds is 6. The number of carbonyl (C=O) groups is 2. The van der Waals surface area contributed by atoms with Crippen molar-refractivity contribution in [3.05, 3.63) is 0 Å². The molecule has 5 nitrogen and oxygen atoms in total. The first kappa shape index (κ1) is 13.8. The van der Waals surface area contributed by atoms with E-state index in [4.69, 9.17) is 5.11 Å². The van der Waals surface area contributed by atoms with Gasteiger partial charge in [0.1, 0.15) is 6.54 Å². The third-order valence-corrected chi connectivity index (χ3v) is 2.88. The summed E-state index contributed by atoms with van der Waals surface area (Å²) >= 11 is 0. The first-order valence-electron chi connectivity index (χ1n) is 6.15. The molecule has 0 bridgehead atoms. The monoisotopic (exact) mass is 242 g/mol. The summed E-state index contributed by atoms with van der Waals surface area (Å²) in [6.45, 7) is 4.74. The van der Waals surface area contributed by atoms with E-state index in [-0.39, 0.29) is 12.6 Å². The Morgan fingerprint density at radius 3 is 2.35 bits per heavy atom. The van der Waals surface area contributed by atoms with Gasteiger partial charge in [0.05, 0.1) is 0 Å². The van der Waals surface area contributed by atoms with Gasteiger partial charge >= 0.3 is 12.0 Å². The van der Waals surface area contributed by atoms with Crippen LogP contribution in [0.2, 0.25) is 0 Å². The van der Waals surface area contributed by atoms with E-state index in [1.54, 1.807) is 7.05 Å². The van der Waals surface area contributed by atoms with Crippen LogP contribution >= 0.6 is 0 Å². The van der Waals surface area contributed by atoms with E-state index < -0.39 is 5.97 Å². The van der Waals surface area contributed by atoms with Gasteiger partial charge in [-0.3, -0.25) is 4.79 Å². The fourth-order valence-electron chi connectivity index (χ4n) is 1.71. The molecule has 0 unspecified atom stereocenters. The minimum absolute atomic E-state index is 0.157. The molecule has 1 fully saturated rings. The molecular weight excluding hydrogens is 220 g/mol. The number of amides is 2. The quantitative estimate of drug-likeness (QED) is 0.770. The lowest BCUT2D eigenvalue weighted by molar-refractivity contribution is -0.137. The zero-order chi connectivity index (χ0) is 13.0. The van der Waals surface area contributed by atoms with Gasteiger partial charge in [0.15, 0.2) is 0 Å². The molecule has 0 spiro atoms. The van der Waals surface area contributed by atoms with Gasteiger partial charge in [0.2, 0.25) is 0 Å². The van der Waals surface area contributed by atoms with Crippen LogP contribution in [0.4, 0.5) is 4.79 Å². The summed E-state index contributed by atoms with van der Waals surface area (Å²) in [5.41, 5.74) is 0. The second-order valence-corrected chi connectivity index (χ2v) is 5.14. The molecule has 98 valence electrons. The zero-order valence-electron chi connectivity index (χ0n) is 10.8. The third-order valence-electron chi connectivity index (χ3n) is 2.88. The topological polar surface area (TPSA) is 60.9 Å². The van der Waals surface area contributed by atoms with Crippen molar-refractivity contribution in [2.45, 2.75) is 39.2 Å². The van der Waals surface area contributed by atoms with Gasteiger partial charge in [-0.05, 0) is 25.2 Å². The normalized spacial score (nSPS) is 14.8.